The van der Waals surface area contributed by atoms with E-state index in [1.807, 2.05) is 0 Å². The zero-order chi connectivity index (χ0) is 6.43. The Morgan fingerprint density at radius 3 is 1.56 bits per heavy atom. The topological polar surface area (TPSA) is 0 Å². The van der Waals surface area contributed by atoms with E-state index in [9.17, 15) is 0 Å². The molecule has 2 rings (SSSR count). The highest BCUT2D eigenvalue weighted by atomic mass is 79.9. The lowest BCUT2D eigenvalue weighted by molar-refractivity contribution is 0.514. The SMILES string of the molecule is Br[C@H]1[C@@H]2CC[C@@H](C2)[C@@H]1Br. The first-order chi connectivity index (χ1) is 4.29. The van der Waals surface area contributed by atoms with Gasteiger partial charge in [0, 0.05) is 9.65 Å². The zero-order valence-corrected chi connectivity index (χ0v) is 8.36. The molecule has 0 saturated heterocycles. The summed E-state index contributed by atoms with van der Waals surface area (Å²) >= 11 is 7.43. The molecule has 9 heavy (non-hydrogen) atoms. The van der Waals surface area contributed by atoms with Crippen LogP contribution < -0.4 is 0 Å². The second-order valence-electron chi connectivity index (χ2n) is 3.22. The van der Waals surface area contributed by atoms with E-state index in [-0.39, 0.29) is 0 Å². The first-order valence-electron chi connectivity index (χ1n) is 3.57. The highest BCUT2D eigenvalue weighted by molar-refractivity contribution is 9.12. The first kappa shape index (κ1) is 6.66. The van der Waals surface area contributed by atoms with Crippen molar-refractivity contribution in [2.75, 3.05) is 0 Å². The molecule has 2 bridgehead atoms. The minimum absolute atomic E-state index is 0.774. The van der Waals surface area contributed by atoms with Crippen LogP contribution in [0.25, 0.3) is 0 Å². The maximum absolute atomic E-state index is 3.71. The van der Waals surface area contributed by atoms with Gasteiger partial charge in [-0.15, -0.1) is 0 Å². The molecule has 0 N–H and O–H groups in total. The largest absolute Gasteiger partial charge is 0.0875 e. The van der Waals surface area contributed by atoms with Gasteiger partial charge in [0.1, 0.15) is 0 Å². The molecule has 0 aromatic carbocycles. The average molecular weight is 254 g/mol. The summed E-state index contributed by atoms with van der Waals surface area (Å²) in [6.45, 7) is 0. The molecule has 0 aromatic rings. The number of halogens is 2. The van der Waals surface area contributed by atoms with E-state index in [4.69, 9.17) is 0 Å². The van der Waals surface area contributed by atoms with Crippen molar-refractivity contribution in [3.05, 3.63) is 0 Å². The molecule has 0 aromatic heterocycles. The van der Waals surface area contributed by atoms with Gasteiger partial charge < -0.3 is 0 Å². The first-order valence-corrected chi connectivity index (χ1v) is 5.40. The number of rotatable bonds is 0. The molecular formula is C7H10Br2. The van der Waals surface area contributed by atoms with Crippen LogP contribution in [0, 0.1) is 11.8 Å². The molecule has 0 heterocycles. The summed E-state index contributed by atoms with van der Waals surface area (Å²) in [6.07, 6.45) is 4.39. The molecular weight excluding hydrogens is 244 g/mol. The van der Waals surface area contributed by atoms with Crippen molar-refractivity contribution in [3.8, 4) is 0 Å². The van der Waals surface area contributed by atoms with Crippen LogP contribution in [0.2, 0.25) is 0 Å². The van der Waals surface area contributed by atoms with Crippen LogP contribution in [-0.4, -0.2) is 9.65 Å². The summed E-state index contributed by atoms with van der Waals surface area (Å²) in [4.78, 5) is 1.55. The second-order valence-corrected chi connectivity index (χ2v) is 5.34. The van der Waals surface area contributed by atoms with Gasteiger partial charge in [0.25, 0.3) is 0 Å². The van der Waals surface area contributed by atoms with E-state index in [0.29, 0.717) is 0 Å². The lowest BCUT2D eigenvalue weighted by Gasteiger charge is -2.20. The third kappa shape index (κ3) is 0.900. The van der Waals surface area contributed by atoms with Crippen LogP contribution >= 0.6 is 31.9 Å². The van der Waals surface area contributed by atoms with Crippen LogP contribution in [0.15, 0.2) is 0 Å². The Kier molecular flexibility index (Phi) is 1.65. The maximum Gasteiger partial charge on any atom is 0.0302 e. The van der Waals surface area contributed by atoms with Gasteiger partial charge in [-0.25, -0.2) is 0 Å². The minimum Gasteiger partial charge on any atom is -0.0875 e. The Morgan fingerprint density at radius 2 is 1.33 bits per heavy atom. The van der Waals surface area contributed by atoms with Crippen molar-refractivity contribution in [3.63, 3.8) is 0 Å². The van der Waals surface area contributed by atoms with E-state index < -0.39 is 0 Å². The molecule has 52 valence electrons. The monoisotopic (exact) mass is 252 g/mol. The van der Waals surface area contributed by atoms with Gasteiger partial charge in [-0.3, -0.25) is 0 Å². The summed E-state index contributed by atoms with van der Waals surface area (Å²) in [6, 6.07) is 0. The lowest BCUT2D eigenvalue weighted by atomic mass is 10.0. The van der Waals surface area contributed by atoms with Crippen molar-refractivity contribution >= 4 is 31.9 Å². The average Bonchev–Trinajstić information content (AvgIpc) is 2.37. The van der Waals surface area contributed by atoms with Gasteiger partial charge in [0.15, 0.2) is 0 Å². The quantitative estimate of drug-likeness (QED) is 0.583. The minimum atomic E-state index is 0.774. The predicted molar refractivity (Wildman–Crippen MR) is 46.3 cm³/mol. The van der Waals surface area contributed by atoms with Gasteiger partial charge in [-0.1, -0.05) is 31.9 Å². The summed E-state index contributed by atoms with van der Waals surface area (Å²) in [5, 5.41) is 0. The highest BCUT2D eigenvalue weighted by Crippen LogP contribution is 2.50. The Hall–Kier alpha value is 0.960. The van der Waals surface area contributed by atoms with Crippen LogP contribution in [-0.2, 0) is 0 Å². The molecule has 0 nitrogen and oxygen atoms in total. The van der Waals surface area contributed by atoms with Crippen LogP contribution in [0.1, 0.15) is 19.3 Å². The van der Waals surface area contributed by atoms with Crippen molar-refractivity contribution in [1.82, 2.24) is 0 Å². The molecule has 2 heteroatoms. The Morgan fingerprint density at radius 1 is 0.889 bits per heavy atom. The molecule has 0 spiro atoms. The number of fused-ring (bicyclic) bond motifs is 2. The number of hydrogen-bond donors (Lipinski definition) is 0. The van der Waals surface area contributed by atoms with Crippen molar-refractivity contribution < 1.29 is 0 Å². The van der Waals surface area contributed by atoms with Crippen molar-refractivity contribution in [1.29, 1.82) is 0 Å². The summed E-state index contributed by atoms with van der Waals surface area (Å²) in [5.41, 5.74) is 0. The van der Waals surface area contributed by atoms with E-state index in [1.54, 1.807) is 0 Å². The van der Waals surface area contributed by atoms with Gasteiger partial charge >= 0.3 is 0 Å². The summed E-state index contributed by atoms with van der Waals surface area (Å²) in [5.74, 6) is 1.97. The van der Waals surface area contributed by atoms with Crippen LogP contribution in [0.3, 0.4) is 0 Å². The third-order valence-electron chi connectivity index (χ3n) is 2.72. The second kappa shape index (κ2) is 2.23. The molecule has 0 amide bonds. The normalized spacial score (nSPS) is 56.7. The lowest BCUT2D eigenvalue weighted by Crippen LogP contribution is -2.21. The van der Waals surface area contributed by atoms with Gasteiger partial charge in [0.05, 0.1) is 0 Å². The van der Waals surface area contributed by atoms with Gasteiger partial charge in [-0.05, 0) is 31.1 Å². The van der Waals surface area contributed by atoms with E-state index in [1.165, 1.54) is 19.3 Å². The van der Waals surface area contributed by atoms with E-state index in [2.05, 4.69) is 31.9 Å². The fraction of sp³-hybridized carbons (Fsp3) is 1.00. The van der Waals surface area contributed by atoms with Gasteiger partial charge in [-0.2, -0.15) is 0 Å². The molecule has 2 aliphatic rings. The molecule has 4 atom stereocenters. The predicted octanol–water partition coefficient (Wildman–Crippen LogP) is 2.94. The smallest absolute Gasteiger partial charge is 0.0302 e. The molecule has 2 aliphatic carbocycles. The zero-order valence-electron chi connectivity index (χ0n) is 5.19. The standard InChI is InChI=1S/C7H10Br2/c8-6-4-1-2-5(3-4)7(6)9/h4-7H,1-3H2/t4-,5+,6-,7-/m0/s1. The van der Waals surface area contributed by atoms with Gasteiger partial charge in [0.2, 0.25) is 0 Å². The third-order valence-corrected chi connectivity index (χ3v) is 6.06. The Balaban J connectivity index is 2.15. The molecule has 0 aliphatic heterocycles. The Bertz CT molecular complexity index is 106. The molecule has 0 radical (unpaired) electrons. The highest BCUT2D eigenvalue weighted by Gasteiger charge is 2.44. The van der Waals surface area contributed by atoms with Crippen LogP contribution in [0.5, 0.6) is 0 Å². The van der Waals surface area contributed by atoms with Crippen LogP contribution in [0.4, 0.5) is 0 Å². The molecule has 0 unspecified atom stereocenters. The maximum atomic E-state index is 3.71. The van der Waals surface area contributed by atoms with Crippen molar-refractivity contribution in [2.45, 2.75) is 28.9 Å². The molecule has 2 saturated carbocycles. The molecule has 2 fully saturated rings. The van der Waals surface area contributed by atoms with Crippen molar-refractivity contribution in [2.24, 2.45) is 11.8 Å². The van der Waals surface area contributed by atoms with E-state index in [0.717, 1.165) is 21.5 Å². The number of alkyl halides is 2. The Labute approximate surface area is 72.7 Å². The summed E-state index contributed by atoms with van der Waals surface area (Å²) < 4.78 is 0. The van der Waals surface area contributed by atoms with E-state index >= 15 is 0 Å². The summed E-state index contributed by atoms with van der Waals surface area (Å²) in [7, 11) is 0. The number of hydrogen-bond acceptors (Lipinski definition) is 0. The fourth-order valence-electron chi connectivity index (χ4n) is 2.15. The fourth-order valence-corrected chi connectivity index (χ4v) is 3.97.